The summed E-state index contributed by atoms with van der Waals surface area (Å²) in [4.78, 5) is 13.1. The summed E-state index contributed by atoms with van der Waals surface area (Å²) >= 11 is 2.98. The van der Waals surface area contributed by atoms with Gasteiger partial charge in [-0.2, -0.15) is 0 Å². The molecule has 0 spiro atoms. The van der Waals surface area contributed by atoms with Crippen LogP contribution >= 0.6 is 23.5 Å². The van der Waals surface area contributed by atoms with E-state index in [9.17, 15) is 4.79 Å². The first-order valence-electron chi connectivity index (χ1n) is 8.64. The summed E-state index contributed by atoms with van der Waals surface area (Å²) in [5.74, 6) is 1.62. The summed E-state index contributed by atoms with van der Waals surface area (Å²) in [6.45, 7) is 2.70. The van der Waals surface area contributed by atoms with Crippen LogP contribution in [0, 0.1) is 6.92 Å². The predicted octanol–water partition coefficient (Wildman–Crippen LogP) is 3.97. The van der Waals surface area contributed by atoms with Crippen molar-refractivity contribution in [1.82, 2.24) is 15.5 Å². The first kappa shape index (κ1) is 19.5. The van der Waals surface area contributed by atoms with Gasteiger partial charge in [0.25, 0.3) is 5.22 Å². The smallest absolute Gasteiger partial charge is 0.277 e. The SMILES string of the molecule is Cc1ccc(SCCNC(=O)CSc2nnc(Cc3ccccc3)o2)cc1. The highest BCUT2D eigenvalue weighted by molar-refractivity contribution is 7.99. The molecule has 3 rings (SSSR count). The van der Waals surface area contributed by atoms with Crippen LogP contribution in [-0.2, 0) is 11.2 Å². The van der Waals surface area contributed by atoms with Crippen LogP contribution in [-0.4, -0.2) is 34.2 Å². The number of aromatic nitrogens is 2. The molecule has 5 nitrogen and oxygen atoms in total. The summed E-state index contributed by atoms with van der Waals surface area (Å²) in [7, 11) is 0. The van der Waals surface area contributed by atoms with Crippen molar-refractivity contribution in [3.05, 3.63) is 71.6 Å². The van der Waals surface area contributed by atoms with Gasteiger partial charge in [0.1, 0.15) is 0 Å². The predicted molar refractivity (Wildman–Crippen MR) is 109 cm³/mol. The first-order chi connectivity index (χ1) is 13.2. The van der Waals surface area contributed by atoms with Gasteiger partial charge in [0.15, 0.2) is 0 Å². The molecular formula is C20H21N3O2S2. The number of nitrogens with one attached hydrogen (secondary N) is 1. The number of carbonyl (C=O) groups excluding carboxylic acids is 1. The Morgan fingerprint density at radius 1 is 1.04 bits per heavy atom. The fourth-order valence-electron chi connectivity index (χ4n) is 2.31. The molecule has 0 atom stereocenters. The highest BCUT2D eigenvalue weighted by Gasteiger charge is 2.10. The van der Waals surface area contributed by atoms with Crippen molar-refractivity contribution in [2.75, 3.05) is 18.1 Å². The summed E-state index contributed by atoms with van der Waals surface area (Å²) in [6.07, 6.45) is 0.594. The average Bonchev–Trinajstić information content (AvgIpc) is 3.13. The number of thioether (sulfide) groups is 2. The fourth-order valence-corrected chi connectivity index (χ4v) is 3.69. The van der Waals surface area contributed by atoms with Gasteiger partial charge in [-0.05, 0) is 24.6 Å². The second-order valence-electron chi connectivity index (χ2n) is 5.92. The minimum absolute atomic E-state index is 0.0349. The number of amides is 1. The Hall–Kier alpha value is -2.25. The molecule has 0 unspecified atom stereocenters. The Labute approximate surface area is 167 Å². The van der Waals surface area contributed by atoms with Crippen LogP contribution in [0.25, 0.3) is 0 Å². The van der Waals surface area contributed by atoms with Crippen LogP contribution in [0.4, 0.5) is 0 Å². The number of hydrogen-bond acceptors (Lipinski definition) is 6. The van der Waals surface area contributed by atoms with E-state index in [-0.39, 0.29) is 11.7 Å². The van der Waals surface area contributed by atoms with Crippen LogP contribution in [0.1, 0.15) is 17.0 Å². The summed E-state index contributed by atoms with van der Waals surface area (Å²) < 4.78 is 5.59. The molecule has 27 heavy (non-hydrogen) atoms. The lowest BCUT2D eigenvalue weighted by atomic mass is 10.2. The van der Waals surface area contributed by atoms with Gasteiger partial charge >= 0.3 is 0 Å². The Bertz CT molecular complexity index is 851. The molecule has 0 radical (unpaired) electrons. The van der Waals surface area contributed by atoms with Crippen molar-refractivity contribution >= 4 is 29.4 Å². The standard InChI is InChI=1S/C20H21N3O2S2/c1-15-7-9-17(10-8-15)26-12-11-21-18(24)14-27-20-23-22-19(25-20)13-16-5-3-2-4-6-16/h2-10H,11-14H2,1H3,(H,21,24). The molecule has 0 fully saturated rings. The van der Waals surface area contributed by atoms with Gasteiger partial charge < -0.3 is 9.73 Å². The van der Waals surface area contributed by atoms with Gasteiger partial charge in [-0.3, -0.25) is 4.79 Å². The topological polar surface area (TPSA) is 68.0 Å². The van der Waals surface area contributed by atoms with Crippen molar-refractivity contribution in [3.63, 3.8) is 0 Å². The molecule has 0 bridgehead atoms. The van der Waals surface area contributed by atoms with E-state index in [1.54, 1.807) is 11.8 Å². The molecule has 0 aliphatic heterocycles. The molecule has 1 N–H and O–H groups in total. The van der Waals surface area contributed by atoms with E-state index in [1.807, 2.05) is 30.3 Å². The molecule has 2 aromatic carbocycles. The second-order valence-corrected chi connectivity index (χ2v) is 8.02. The number of rotatable bonds is 9. The van der Waals surface area contributed by atoms with E-state index in [2.05, 4.69) is 46.7 Å². The van der Waals surface area contributed by atoms with Gasteiger partial charge in [0.05, 0.1) is 12.2 Å². The molecule has 3 aromatic rings. The van der Waals surface area contributed by atoms with E-state index in [4.69, 9.17) is 4.42 Å². The molecule has 7 heteroatoms. The fraction of sp³-hybridized carbons (Fsp3) is 0.250. The number of carbonyl (C=O) groups is 1. The van der Waals surface area contributed by atoms with Crippen LogP contribution < -0.4 is 5.32 Å². The Morgan fingerprint density at radius 2 is 1.81 bits per heavy atom. The molecule has 0 saturated heterocycles. The molecule has 1 amide bonds. The van der Waals surface area contributed by atoms with Gasteiger partial charge in [-0.25, -0.2) is 0 Å². The molecule has 1 aromatic heterocycles. The zero-order valence-corrected chi connectivity index (χ0v) is 16.7. The Morgan fingerprint density at radius 3 is 2.59 bits per heavy atom. The molecule has 0 aliphatic carbocycles. The lowest BCUT2D eigenvalue weighted by Crippen LogP contribution is -2.27. The van der Waals surface area contributed by atoms with Gasteiger partial charge in [-0.1, -0.05) is 59.8 Å². The van der Waals surface area contributed by atoms with E-state index in [0.29, 0.717) is 24.1 Å². The third-order valence-electron chi connectivity index (χ3n) is 3.69. The van der Waals surface area contributed by atoms with Gasteiger partial charge in [0, 0.05) is 17.2 Å². The second kappa shape index (κ2) is 10.2. The van der Waals surface area contributed by atoms with Crippen molar-refractivity contribution in [2.45, 2.75) is 23.5 Å². The zero-order chi connectivity index (χ0) is 18.9. The molecule has 140 valence electrons. The van der Waals surface area contributed by atoms with Gasteiger partial charge in [-0.15, -0.1) is 22.0 Å². The molecule has 1 heterocycles. The summed E-state index contributed by atoms with van der Waals surface area (Å²) in [5.41, 5.74) is 2.36. The monoisotopic (exact) mass is 399 g/mol. The largest absolute Gasteiger partial charge is 0.416 e. The maximum absolute atomic E-state index is 11.9. The number of hydrogen-bond donors (Lipinski definition) is 1. The Balaban J connectivity index is 1.34. The molecule has 0 saturated carbocycles. The maximum Gasteiger partial charge on any atom is 0.277 e. The average molecular weight is 400 g/mol. The third-order valence-corrected chi connectivity index (χ3v) is 5.52. The number of nitrogens with zero attached hydrogens (tertiary/aromatic N) is 2. The molecule has 0 aliphatic rings. The van der Waals surface area contributed by atoms with E-state index in [1.165, 1.54) is 22.2 Å². The zero-order valence-electron chi connectivity index (χ0n) is 15.1. The van der Waals surface area contributed by atoms with Crippen molar-refractivity contribution in [2.24, 2.45) is 0 Å². The van der Waals surface area contributed by atoms with Crippen molar-refractivity contribution in [3.8, 4) is 0 Å². The summed E-state index contributed by atoms with van der Waals surface area (Å²) in [5, 5.41) is 11.4. The highest BCUT2D eigenvalue weighted by atomic mass is 32.2. The lowest BCUT2D eigenvalue weighted by Gasteiger charge is -2.04. The van der Waals surface area contributed by atoms with Crippen LogP contribution in [0.3, 0.4) is 0 Å². The quantitative estimate of drug-likeness (QED) is 0.434. The van der Waals surface area contributed by atoms with Gasteiger partial charge in [0.2, 0.25) is 11.8 Å². The van der Waals surface area contributed by atoms with E-state index in [0.717, 1.165) is 11.3 Å². The van der Waals surface area contributed by atoms with E-state index >= 15 is 0 Å². The van der Waals surface area contributed by atoms with Crippen molar-refractivity contribution < 1.29 is 9.21 Å². The molecular weight excluding hydrogens is 378 g/mol. The number of benzene rings is 2. The minimum Gasteiger partial charge on any atom is -0.416 e. The number of aryl methyl sites for hydroxylation is 1. The first-order valence-corrected chi connectivity index (χ1v) is 10.6. The highest BCUT2D eigenvalue weighted by Crippen LogP contribution is 2.18. The maximum atomic E-state index is 11.9. The minimum atomic E-state index is -0.0349. The Kier molecular flexibility index (Phi) is 7.36. The summed E-state index contributed by atoms with van der Waals surface area (Å²) in [6, 6.07) is 18.3. The van der Waals surface area contributed by atoms with Crippen molar-refractivity contribution in [1.29, 1.82) is 0 Å². The normalized spacial score (nSPS) is 10.7. The lowest BCUT2D eigenvalue weighted by molar-refractivity contribution is -0.118. The van der Waals surface area contributed by atoms with Crippen LogP contribution in [0.5, 0.6) is 0 Å². The third kappa shape index (κ3) is 6.77. The van der Waals surface area contributed by atoms with E-state index < -0.39 is 0 Å². The van der Waals surface area contributed by atoms with Crippen LogP contribution in [0.15, 0.2) is 69.1 Å². The van der Waals surface area contributed by atoms with Crippen LogP contribution in [0.2, 0.25) is 0 Å².